The molecule has 6 nitrogen and oxygen atoms in total. The predicted octanol–water partition coefficient (Wildman–Crippen LogP) is 7.49. The summed E-state index contributed by atoms with van der Waals surface area (Å²) in [5.41, 5.74) is 0.283. The zero-order chi connectivity index (χ0) is 29.7. The van der Waals surface area contributed by atoms with E-state index in [0.717, 1.165) is 24.5 Å². The second kappa shape index (κ2) is 10.8. The fraction of sp³-hybridized carbons (Fsp3) is 0.464. The van der Waals surface area contributed by atoms with E-state index in [-0.39, 0.29) is 34.1 Å². The van der Waals surface area contributed by atoms with Crippen LogP contribution in [0.1, 0.15) is 50.3 Å². The summed E-state index contributed by atoms with van der Waals surface area (Å²) in [6.07, 6.45) is 0.835. The lowest BCUT2D eigenvalue weighted by atomic mass is 10.1. The average molecular weight is 615 g/mol. The zero-order valence-corrected chi connectivity index (χ0v) is 25.7. The van der Waals surface area contributed by atoms with Crippen LogP contribution in [0.2, 0.25) is 23.2 Å². The summed E-state index contributed by atoms with van der Waals surface area (Å²) in [5.74, 6) is -0.0836. The molecule has 1 heterocycles. The molecule has 1 aliphatic heterocycles. The molecule has 1 saturated carbocycles. The summed E-state index contributed by atoms with van der Waals surface area (Å²) in [6.45, 7) is 11.3. The first kappa shape index (κ1) is 30.6. The van der Waals surface area contributed by atoms with Crippen LogP contribution in [-0.2, 0) is 31.8 Å². The molecule has 2 aromatic carbocycles. The van der Waals surface area contributed by atoms with Crippen LogP contribution in [0, 0.1) is 5.92 Å². The number of alkyl halides is 3. The number of fused-ring (bicyclic) bond motifs is 1. The minimum Gasteiger partial charge on any atom is -0.413 e. The van der Waals surface area contributed by atoms with Gasteiger partial charge in [-0.3, -0.25) is 9.52 Å². The van der Waals surface area contributed by atoms with Gasteiger partial charge in [-0.2, -0.15) is 13.2 Å². The quantitative estimate of drug-likeness (QED) is 0.313. The van der Waals surface area contributed by atoms with Gasteiger partial charge in [-0.1, -0.05) is 44.5 Å². The molecule has 0 spiro atoms. The third kappa shape index (κ3) is 6.58. The van der Waals surface area contributed by atoms with Gasteiger partial charge in [0.1, 0.15) is 0 Å². The lowest BCUT2D eigenvalue weighted by Crippen LogP contribution is -2.40. The van der Waals surface area contributed by atoms with E-state index in [2.05, 4.69) is 38.6 Å². The van der Waals surface area contributed by atoms with Gasteiger partial charge in [0.15, 0.2) is 8.32 Å². The molecule has 0 atom stereocenters. The number of carbonyl (C=O) groups is 1. The largest absolute Gasteiger partial charge is 0.417 e. The molecular weight excluding hydrogens is 581 g/mol. The van der Waals surface area contributed by atoms with E-state index in [1.54, 1.807) is 23.1 Å². The highest BCUT2D eigenvalue weighted by atomic mass is 35.5. The van der Waals surface area contributed by atoms with Gasteiger partial charge in [0.2, 0.25) is 5.91 Å². The lowest BCUT2D eigenvalue weighted by molar-refractivity contribution is -0.137. The maximum Gasteiger partial charge on any atom is 0.417 e. The fourth-order valence-corrected chi connectivity index (χ4v) is 6.67. The van der Waals surface area contributed by atoms with Crippen LogP contribution in [0.15, 0.2) is 41.3 Å². The maximum atomic E-state index is 13.6. The van der Waals surface area contributed by atoms with E-state index < -0.39 is 35.1 Å². The highest BCUT2D eigenvalue weighted by Gasteiger charge is 2.38. The number of hydrogen-bond donors (Lipinski definition) is 1. The number of hydrogen-bond acceptors (Lipinski definition) is 4. The summed E-state index contributed by atoms with van der Waals surface area (Å²) >= 11 is 5.71. The van der Waals surface area contributed by atoms with Gasteiger partial charge < -0.3 is 9.33 Å². The van der Waals surface area contributed by atoms with Crippen molar-refractivity contribution in [2.45, 2.75) is 69.2 Å². The predicted molar refractivity (Wildman–Crippen MR) is 155 cm³/mol. The van der Waals surface area contributed by atoms with E-state index in [1.165, 1.54) is 12.1 Å². The minimum absolute atomic E-state index is 0.00175. The maximum absolute atomic E-state index is 13.6. The van der Waals surface area contributed by atoms with Crippen LogP contribution in [-0.4, -0.2) is 35.8 Å². The Hall–Kier alpha value is -2.34. The van der Waals surface area contributed by atoms with Crippen LogP contribution in [0.3, 0.4) is 0 Å². The van der Waals surface area contributed by atoms with Crippen molar-refractivity contribution in [1.82, 2.24) is 0 Å². The van der Waals surface area contributed by atoms with Gasteiger partial charge in [-0.15, -0.1) is 0 Å². The number of nitrogens with zero attached hydrogens (tertiary/aromatic N) is 1. The topological polar surface area (TPSA) is 75.7 Å². The van der Waals surface area contributed by atoms with E-state index in [1.807, 2.05) is 0 Å². The normalized spacial score (nSPS) is 16.5. The van der Waals surface area contributed by atoms with Crippen LogP contribution >= 0.6 is 11.6 Å². The van der Waals surface area contributed by atoms with Crippen molar-refractivity contribution in [2.75, 3.05) is 22.8 Å². The molecule has 4 rings (SSSR count). The van der Waals surface area contributed by atoms with Gasteiger partial charge in [0.05, 0.1) is 22.1 Å². The molecule has 2 aliphatic rings. The Bertz CT molecular complexity index is 1450. The molecular formula is C28H34ClF3N2O4SSi. The van der Waals surface area contributed by atoms with Gasteiger partial charge in [-0.25, -0.2) is 8.42 Å². The standard InChI is InChI=1S/C28H34ClF3N2O4SSi/c1-27(2,3)40(4,5)38-14-6-7-20-15-19-12-13-34(26(35)18-8-9-18)24(19)17-25(20)39(36,37)33-21-10-11-23(29)22(16-21)28(30,31)32/h6-7,10-11,15-18,33H,8-9,12-14H2,1-5H3/b7-6+. The Morgan fingerprint density at radius 2 is 1.85 bits per heavy atom. The first-order chi connectivity index (χ1) is 18.4. The number of halogens is 4. The third-order valence-electron chi connectivity index (χ3n) is 7.76. The molecule has 12 heteroatoms. The van der Waals surface area contributed by atoms with Crippen LogP contribution in [0.5, 0.6) is 0 Å². The molecule has 0 bridgehead atoms. The van der Waals surface area contributed by atoms with Crippen molar-refractivity contribution in [3.63, 3.8) is 0 Å². The first-order valence-electron chi connectivity index (χ1n) is 13.1. The number of rotatable bonds is 8. The Labute approximate surface area is 239 Å². The fourth-order valence-electron chi connectivity index (χ4n) is 4.24. The van der Waals surface area contributed by atoms with Gasteiger partial charge >= 0.3 is 6.18 Å². The van der Waals surface area contributed by atoms with E-state index in [4.69, 9.17) is 16.0 Å². The second-order valence-corrected chi connectivity index (χ2v) is 18.7. The van der Waals surface area contributed by atoms with Crippen molar-refractivity contribution in [2.24, 2.45) is 5.92 Å². The summed E-state index contributed by atoms with van der Waals surface area (Å²) in [5, 5.41) is -0.536. The number of benzene rings is 2. The number of amides is 1. The molecule has 1 N–H and O–H groups in total. The SMILES string of the molecule is CC(C)(C)[Si](C)(C)OC/C=C/c1cc2c(cc1S(=O)(=O)Nc1ccc(Cl)c(C(F)(F)F)c1)N(C(=O)C1CC1)CC2. The Morgan fingerprint density at radius 3 is 2.45 bits per heavy atom. The molecule has 1 aliphatic carbocycles. The van der Waals surface area contributed by atoms with E-state index >= 15 is 0 Å². The van der Waals surface area contributed by atoms with E-state index in [0.29, 0.717) is 30.3 Å². The van der Waals surface area contributed by atoms with Gasteiger partial charge in [0.25, 0.3) is 10.0 Å². The molecule has 0 aromatic heterocycles. The minimum atomic E-state index is -4.76. The highest BCUT2D eigenvalue weighted by molar-refractivity contribution is 7.92. The molecule has 40 heavy (non-hydrogen) atoms. The Morgan fingerprint density at radius 1 is 1.18 bits per heavy atom. The zero-order valence-electron chi connectivity index (χ0n) is 23.2. The second-order valence-electron chi connectivity index (χ2n) is 11.8. The van der Waals surface area contributed by atoms with Crippen molar-refractivity contribution in [3.05, 3.63) is 58.1 Å². The molecule has 0 saturated heterocycles. The number of sulfonamides is 1. The van der Waals surface area contributed by atoms with Gasteiger partial charge in [0, 0.05) is 23.8 Å². The van der Waals surface area contributed by atoms with E-state index in [9.17, 15) is 26.4 Å². The smallest absolute Gasteiger partial charge is 0.413 e. The molecule has 2 aromatic rings. The highest BCUT2D eigenvalue weighted by Crippen LogP contribution is 2.40. The number of carbonyl (C=O) groups excluding carboxylic acids is 1. The Balaban J connectivity index is 1.70. The van der Waals surface area contributed by atoms with Gasteiger partial charge in [-0.05, 0) is 78.9 Å². The average Bonchev–Trinajstić information content (AvgIpc) is 3.60. The molecule has 0 radical (unpaired) electrons. The number of anilines is 2. The summed E-state index contributed by atoms with van der Waals surface area (Å²) < 4.78 is 75.9. The van der Waals surface area contributed by atoms with Crippen LogP contribution < -0.4 is 9.62 Å². The summed E-state index contributed by atoms with van der Waals surface area (Å²) in [7, 11) is -6.41. The first-order valence-corrected chi connectivity index (χ1v) is 17.9. The monoisotopic (exact) mass is 614 g/mol. The third-order valence-corrected chi connectivity index (χ3v) is 14.0. The Kier molecular flexibility index (Phi) is 8.27. The lowest BCUT2D eigenvalue weighted by Gasteiger charge is -2.35. The molecule has 0 unspecified atom stereocenters. The summed E-state index contributed by atoms with van der Waals surface area (Å²) in [4.78, 5) is 14.3. The molecule has 218 valence electrons. The van der Waals surface area contributed by atoms with Crippen molar-refractivity contribution in [3.8, 4) is 0 Å². The van der Waals surface area contributed by atoms with Crippen LogP contribution in [0.25, 0.3) is 6.08 Å². The van der Waals surface area contributed by atoms with Crippen molar-refractivity contribution >= 4 is 53.3 Å². The van der Waals surface area contributed by atoms with Crippen molar-refractivity contribution < 1.29 is 30.8 Å². The molecule has 1 amide bonds. The molecule has 1 fully saturated rings. The van der Waals surface area contributed by atoms with Crippen molar-refractivity contribution in [1.29, 1.82) is 0 Å². The van der Waals surface area contributed by atoms with Crippen LogP contribution in [0.4, 0.5) is 24.5 Å². The summed E-state index contributed by atoms with van der Waals surface area (Å²) in [6, 6.07) is 6.02. The number of nitrogens with one attached hydrogen (secondary N) is 1.